The first-order valence-electron chi connectivity index (χ1n) is 6.80. The standard InChI is InChI=1S/C13H19N3O5S.ClH/c1-13(8-14,9-3-4-9)15-22(19,20)12-7-10(16(17)18)5-6-11(12)21-2;/h5-7,9,15H,3-4,8,14H2,1-2H3;1H. The van der Waals surface area contributed by atoms with E-state index in [4.69, 9.17) is 10.5 Å². The highest BCUT2D eigenvalue weighted by Crippen LogP contribution is 2.40. The normalized spacial score (nSPS) is 17.0. The van der Waals surface area contributed by atoms with E-state index in [1.165, 1.54) is 19.2 Å². The number of nitrogens with zero attached hydrogens (tertiary/aromatic N) is 1. The molecule has 0 heterocycles. The van der Waals surface area contributed by atoms with Gasteiger partial charge in [0.1, 0.15) is 10.6 Å². The summed E-state index contributed by atoms with van der Waals surface area (Å²) in [5.74, 6) is 0.227. The van der Waals surface area contributed by atoms with E-state index in [9.17, 15) is 18.5 Å². The monoisotopic (exact) mass is 365 g/mol. The van der Waals surface area contributed by atoms with Crippen molar-refractivity contribution in [1.82, 2.24) is 4.72 Å². The third kappa shape index (κ3) is 4.11. The first kappa shape index (κ1) is 19.6. The summed E-state index contributed by atoms with van der Waals surface area (Å²) in [6.45, 7) is 1.89. The zero-order chi connectivity index (χ0) is 16.5. The Kier molecular flexibility index (Phi) is 5.97. The van der Waals surface area contributed by atoms with E-state index in [2.05, 4.69) is 4.72 Å². The third-order valence-electron chi connectivity index (χ3n) is 3.92. The van der Waals surface area contributed by atoms with Crippen LogP contribution in [0.4, 0.5) is 5.69 Å². The van der Waals surface area contributed by atoms with Gasteiger partial charge >= 0.3 is 0 Å². The number of hydrogen-bond donors (Lipinski definition) is 2. The van der Waals surface area contributed by atoms with Gasteiger partial charge in [0.2, 0.25) is 10.0 Å². The summed E-state index contributed by atoms with van der Waals surface area (Å²) in [4.78, 5) is 9.96. The van der Waals surface area contributed by atoms with Gasteiger partial charge in [-0.2, -0.15) is 0 Å². The summed E-state index contributed by atoms with van der Waals surface area (Å²) < 4.78 is 32.8. The highest BCUT2D eigenvalue weighted by molar-refractivity contribution is 7.89. The zero-order valence-electron chi connectivity index (χ0n) is 12.8. The van der Waals surface area contributed by atoms with Crippen LogP contribution >= 0.6 is 12.4 Å². The van der Waals surface area contributed by atoms with Crippen LogP contribution in [0.2, 0.25) is 0 Å². The van der Waals surface area contributed by atoms with Crippen molar-refractivity contribution >= 4 is 28.1 Å². The number of methoxy groups -OCH3 is 1. The number of nitrogens with two attached hydrogens (primary N) is 1. The molecule has 23 heavy (non-hydrogen) atoms. The molecule has 1 aromatic carbocycles. The van der Waals surface area contributed by atoms with Gasteiger partial charge in [-0.25, -0.2) is 13.1 Å². The van der Waals surface area contributed by atoms with Gasteiger partial charge in [-0.05, 0) is 31.7 Å². The van der Waals surface area contributed by atoms with Crippen molar-refractivity contribution in [3.63, 3.8) is 0 Å². The Bertz CT molecular complexity index is 693. The first-order valence-corrected chi connectivity index (χ1v) is 8.28. The van der Waals surface area contributed by atoms with Crippen LogP contribution in [0.3, 0.4) is 0 Å². The van der Waals surface area contributed by atoms with Crippen LogP contribution in [-0.2, 0) is 10.0 Å². The highest BCUT2D eigenvalue weighted by atomic mass is 35.5. The fraction of sp³-hybridized carbons (Fsp3) is 0.538. The second-order valence-corrected chi connectivity index (χ2v) is 7.24. The number of halogens is 1. The minimum absolute atomic E-state index is 0. The van der Waals surface area contributed by atoms with E-state index in [1.807, 2.05) is 0 Å². The molecule has 3 N–H and O–H groups in total. The molecule has 0 amide bonds. The van der Waals surface area contributed by atoms with E-state index >= 15 is 0 Å². The fourth-order valence-corrected chi connectivity index (χ4v) is 4.03. The predicted octanol–water partition coefficient (Wildman–Crippen LogP) is 1.43. The van der Waals surface area contributed by atoms with Gasteiger partial charge in [0.15, 0.2) is 0 Å². The van der Waals surface area contributed by atoms with Crippen molar-refractivity contribution in [3.8, 4) is 5.75 Å². The molecule has 1 aromatic rings. The lowest BCUT2D eigenvalue weighted by molar-refractivity contribution is -0.385. The summed E-state index contributed by atoms with van der Waals surface area (Å²) in [5, 5.41) is 10.9. The van der Waals surface area contributed by atoms with Crippen molar-refractivity contribution in [2.75, 3.05) is 13.7 Å². The number of non-ortho nitro benzene ring substituents is 1. The summed E-state index contributed by atoms with van der Waals surface area (Å²) in [5.41, 5.74) is 4.63. The van der Waals surface area contributed by atoms with Crippen molar-refractivity contribution < 1.29 is 18.1 Å². The molecule has 130 valence electrons. The summed E-state index contributed by atoms with van der Waals surface area (Å²) in [7, 11) is -2.68. The van der Waals surface area contributed by atoms with Crippen LogP contribution in [-0.4, -0.2) is 32.5 Å². The predicted molar refractivity (Wildman–Crippen MR) is 87.4 cm³/mol. The number of hydrogen-bond acceptors (Lipinski definition) is 6. The number of benzene rings is 1. The molecule has 10 heteroatoms. The number of sulfonamides is 1. The lowest BCUT2D eigenvalue weighted by Gasteiger charge is -2.29. The number of nitro groups is 1. The highest BCUT2D eigenvalue weighted by Gasteiger charge is 2.44. The fourth-order valence-electron chi connectivity index (χ4n) is 2.36. The summed E-state index contributed by atoms with van der Waals surface area (Å²) >= 11 is 0. The van der Waals surface area contributed by atoms with Crippen LogP contribution < -0.4 is 15.2 Å². The van der Waals surface area contributed by atoms with Gasteiger partial charge < -0.3 is 10.5 Å². The van der Waals surface area contributed by atoms with E-state index < -0.39 is 20.5 Å². The van der Waals surface area contributed by atoms with Crippen LogP contribution in [0, 0.1) is 16.0 Å². The van der Waals surface area contributed by atoms with Gasteiger partial charge in [0.05, 0.1) is 12.0 Å². The van der Waals surface area contributed by atoms with Crippen LogP contribution in [0.25, 0.3) is 0 Å². The molecule has 1 aliphatic rings. The van der Waals surface area contributed by atoms with Crippen LogP contribution in [0.1, 0.15) is 19.8 Å². The molecule has 0 radical (unpaired) electrons. The molecule has 0 aliphatic heterocycles. The second kappa shape index (κ2) is 7.00. The summed E-state index contributed by atoms with van der Waals surface area (Å²) in [6.07, 6.45) is 1.81. The van der Waals surface area contributed by atoms with E-state index in [0.717, 1.165) is 18.9 Å². The third-order valence-corrected chi connectivity index (χ3v) is 5.55. The zero-order valence-corrected chi connectivity index (χ0v) is 14.4. The SMILES string of the molecule is COc1ccc([N+](=O)[O-])cc1S(=O)(=O)NC(C)(CN)C1CC1.Cl. The first-order chi connectivity index (χ1) is 10.2. The molecule has 1 fully saturated rings. The maximum Gasteiger partial charge on any atom is 0.271 e. The molecule has 1 aliphatic carbocycles. The van der Waals surface area contributed by atoms with Gasteiger partial charge in [0.25, 0.3) is 5.69 Å². The average Bonchev–Trinajstić information content (AvgIpc) is 3.31. The lowest BCUT2D eigenvalue weighted by Crippen LogP contribution is -2.53. The molecular formula is C13H20ClN3O5S. The Balaban J connectivity index is 0.00000264. The Hall–Kier alpha value is -1.42. The summed E-state index contributed by atoms with van der Waals surface area (Å²) in [6, 6.07) is 3.45. The number of rotatable bonds is 7. The molecule has 8 nitrogen and oxygen atoms in total. The van der Waals surface area contributed by atoms with Crippen molar-refractivity contribution in [2.24, 2.45) is 11.7 Å². The average molecular weight is 366 g/mol. The Morgan fingerprint density at radius 2 is 2.09 bits per heavy atom. The van der Waals surface area contributed by atoms with Crippen LogP contribution in [0.15, 0.2) is 23.1 Å². The van der Waals surface area contributed by atoms with Gasteiger partial charge in [0, 0.05) is 24.2 Å². The van der Waals surface area contributed by atoms with Gasteiger partial charge in [-0.15, -0.1) is 12.4 Å². The molecule has 0 saturated heterocycles. The van der Waals surface area contributed by atoms with Gasteiger partial charge in [-0.1, -0.05) is 0 Å². The van der Waals surface area contributed by atoms with Crippen molar-refractivity contribution in [3.05, 3.63) is 28.3 Å². The van der Waals surface area contributed by atoms with Crippen molar-refractivity contribution in [1.29, 1.82) is 0 Å². The minimum atomic E-state index is -3.99. The molecule has 0 spiro atoms. The number of nitrogens with one attached hydrogen (secondary N) is 1. The Morgan fingerprint density at radius 3 is 2.52 bits per heavy atom. The van der Waals surface area contributed by atoms with Gasteiger partial charge in [-0.3, -0.25) is 10.1 Å². The molecule has 1 unspecified atom stereocenters. The maximum atomic E-state index is 12.6. The molecule has 0 bridgehead atoms. The molecule has 2 rings (SSSR count). The minimum Gasteiger partial charge on any atom is -0.495 e. The molecular weight excluding hydrogens is 346 g/mol. The van der Waals surface area contributed by atoms with Crippen LogP contribution in [0.5, 0.6) is 5.75 Å². The second-order valence-electron chi connectivity index (χ2n) is 5.59. The van der Waals surface area contributed by atoms with E-state index in [0.29, 0.717) is 0 Å². The topological polar surface area (TPSA) is 125 Å². The Morgan fingerprint density at radius 1 is 1.48 bits per heavy atom. The van der Waals surface area contributed by atoms with E-state index in [1.54, 1.807) is 6.92 Å². The quantitative estimate of drug-likeness (QED) is 0.556. The number of nitro benzene ring substituents is 1. The Labute approximate surface area is 141 Å². The largest absolute Gasteiger partial charge is 0.495 e. The smallest absolute Gasteiger partial charge is 0.271 e. The molecule has 0 aromatic heterocycles. The molecule has 1 saturated carbocycles. The maximum absolute atomic E-state index is 12.6. The molecule has 1 atom stereocenters. The van der Waals surface area contributed by atoms with Crippen molar-refractivity contribution in [2.45, 2.75) is 30.2 Å². The lowest BCUT2D eigenvalue weighted by atomic mass is 9.98. The van der Waals surface area contributed by atoms with E-state index in [-0.39, 0.29) is 41.2 Å². The number of ether oxygens (including phenoxy) is 1.